The van der Waals surface area contributed by atoms with E-state index in [-0.39, 0.29) is 11.7 Å². The molecule has 2 aromatic heterocycles. The molecule has 0 aromatic carbocycles. The van der Waals surface area contributed by atoms with E-state index in [4.69, 9.17) is 17.0 Å². The van der Waals surface area contributed by atoms with Gasteiger partial charge in [-0.15, -0.1) is 11.3 Å². The number of aromatic nitrogens is 2. The molecule has 6 heteroatoms. The highest BCUT2D eigenvalue weighted by Crippen LogP contribution is 2.26. The van der Waals surface area contributed by atoms with Crippen molar-refractivity contribution in [3.8, 4) is 0 Å². The molecular weight excluding hydrogens is 280 g/mol. The zero-order chi connectivity index (χ0) is 13.6. The Hall–Kier alpha value is -0.980. The Bertz CT molecular complexity index is 735. The van der Waals surface area contributed by atoms with Gasteiger partial charge in [0.15, 0.2) is 4.77 Å². The predicted molar refractivity (Wildman–Crippen MR) is 79.7 cm³/mol. The van der Waals surface area contributed by atoms with E-state index in [2.05, 4.69) is 4.98 Å². The highest BCUT2D eigenvalue weighted by atomic mass is 32.1. The molecule has 3 heterocycles. The Morgan fingerprint density at radius 1 is 1.53 bits per heavy atom. The first-order chi connectivity index (χ1) is 9.08. The number of aromatic amines is 1. The second-order valence-electron chi connectivity index (χ2n) is 4.97. The number of nitrogens with one attached hydrogen (secondary N) is 1. The van der Waals surface area contributed by atoms with Crippen LogP contribution in [0.5, 0.6) is 0 Å². The number of nitrogens with zero attached hydrogens (tertiary/aromatic N) is 1. The maximum Gasteiger partial charge on any atom is 0.263 e. The Morgan fingerprint density at radius 2 is 2.32 bits per heavy atom. The van der Waals surface area contributed by atoms with Crippen LogP contribution >= 0.6 is 23.6 Å². The quantitative estimate of drug-likeness (QED) is 0.867. The third-order valence-electron chi connectivity index (χ3n) is 3.72. The monoisotopic (exact) mass is 296 g/mol. The van der Waals surface area contributed by atoms with Gasteiger partial charge in [-0.1, -0.05) is 0 Å². The normalized spacial score (nSPS) is 19.4. The van der Waals surface area contributed by atoms with Crippen LogP contribution in [0, 0.1) is 18.6 Å². The molecule has 3 rings (SSSR count). The van der Waals surface area contributed by atoms with E-state index in [9.17, 15) is 4.79 Å². The largest absolute Gasteiger partial charge is 0.376 e. The summed E-state index contributed by atoms with van der Waals surface area (Å²) in [5.74, 6) is 0. The van der Waals surface area contributed by atoms with Crippen LogP contribution in [-0.4, -0.2) is 22.3 Å². The molecule has 1 saturated heterocycles. The van der Waals surface area contributed by atoms with Crippen LogP contribution in [0.2, 0.25) is 0 Å². The molecule has 0 saturated carbocycles. The van der Waals surface area contributed by atoms with Gasteiger partial charge < -0.3 is 9.72 Å². The lowest BCUT2D eigenvalue weighted by atomic mass is 10.2. The second kappa shape index (κ2) is 4.85. The third kappa shape index (κ3) is 2.17. The van der Waals surface area contributed by atoms with E-state index >= 15 is 0 Å². The highest BCUT2D eigenvalue weighted by molar-refractivity contribution is 7.71. The fourth-order valence-corrected chi connectivity index (χ4v) is 3.90. The molecule has 0 unspecified atom stereocenters. The van der Waals surface area contributed by atoms with Gasteiger partial charge in [0.25, 0.3) is 5.56 Å². The first-order valence-corrected chi connectivity index (χ1v) is 7.65. The van der Waals surface area contributed by atoms with Crippen molar-refractivity contribution in [1.29, 1.82) is 0 Å². The minimum absolute atomic E-state index is 0.0103. The maximum absolute atomic E-state index is 12.6. The minimum Gasteiger partial charge on any atom is -0.376 e. The lowest BCUT2D eigenvalue weighted by molar-refractivity contribution is 0.0957. The van der Waals surface area contributed by atoms with Crippen LogP contribution in [0.15, 0.2) is 4.79 Å². The number of H-pyrrole nitrogens is 1. The summed E-state index contributed by atoms with van der Waals surface area (Å²) >= 11 is 6.90. The molecule has 4 nitrogen and oxygen atoms in total. The predicted octanol–water partition coefficient (Wildman–Crippen LogP) is 2.92. The Kier molecular flexibility index (Phi) is 3.32. The summed E-state index contributed by atoms with van der Waals surface area (Å²) in [6.45, 7) is 5.36. The van der Waals surface area contributed by atoms with Gasteiger partial charge in [-0.3, -0.25) is 9.36 Å². The van der Waals surface area contributed by atoms with E-state index in [0.29, 0.717) is 11.3 Å². The molecule has 1 N–H and O–H groups in total. The zero-order valence-electron chi connectivity index (χ0n) is 11.0. The van der Waals surface area contributed by atoms with Crippen molar-refractivity contribution in [3.05, 3.63) is 25.6 Å². The van der Waals surface area contributed by atoms with Crippen molar-refractivity contribution in [2.24, 2.45) is 0 Å². The third-order valence-corrected chi connectivity index (χ3v) is 5.17. The van der Waals surface area contributed by atoms with E-state index in [1.807, 2.05) is 13.8 Å². The van der Waals surface area contributed by atoms with Crippen LogP contribution in [0.4, 0.5) is 0 Å². The summed E-state index contributed by atoms with van der Waals surface area (Å²) in [5, 5.41) is 0.772. The van der Waals surface area contributed by atoms with Gasteiger partial charge >= 0.3 is 0 Å². The SMILES string of the molecule is Cc1sc2[nH]c(=S)n(C[C@@H]3CCCO3)c(=O)c2c1C. The summed E-state index contributed by atoms with van der Waals surface area (Å²) < 4.78 is 7.74. The molecule has 1 atom stereocenters. The number of fused-ring (bicyclic) bond motifs is 1. The van der Waals surface area contributed by atoms with Crippen LogP contribution < -0.4 is 5.56 Å². The molecule has 1 fully saturated rings. The maximum atomic E-state index is 12.6. The van der Waals surface area contributed by atoms with Crippen molar-refractivity contribution in [1.82, 2.24) is 9.55 Å². The van der Waals surface area contributed by atoms with Crippen LogP contribution in [-0.2, 0) is 11.3 Å². The molecular formula is C13H16N2O2S2. The Morgan fingerprint density at radius 3 is 3.00 bits per heavy atom. The lowest BCUT2D eigenvalue weighted by Crippen LogP contribution is -2.27. The molecule has 1 aliphatic rings. The molecule has 19 heavy (non-hydrogen) atoms. The van der Waals surface area contributed by atoms with Crippen molar-refractivity contribution in [2.45, 2.75) is 39.3 Å². The molecule has 0 spiro atoms. The van der Waals surface area contributed by atoms with Gasteiger partial charge in [0.1, 0.15) is 4.83 Å². The van der Waals surface area contributed by atoms with E-state index in [1.54, 1.807) is 15.9 Å². The second-order valence-corrected chi connectivity index (χ2v) is 6.58. The van der Waals surface area contributed by atoms with Crippen molar-refractivity contribution < 1.29 is 4.74 Å². The number of ether oxygens (including phenoxy) is 1. The first-order valence-electron chi connectivity index (χ1n) is 6.42. The summed E-state index contributed by atoms with van der Waals surface area (Å²) in [5.41, 5.74) is 1.06. The van der Waals surface area contributed by atoms with Crippen LogP contribution in [0.25, 0.3) is 10.2 Å². The Labute approximate surface area is 120 Å². The first kappa shape index (κ1) is 13.0. The van der Waals surface area contributed by atoms with Gasteiger partial charge in [0.2, 0.25) is 0 Å². The van der Waals surface area contributed by atoms with Gasteiger partial charge in [0.05, 0.1) is 18.0 Å². The molecule has 0 amide bonds. The summed E-state index contributed by atoms with van der Waals surface area (Å²) in [6.07, 6.45) is 2.18. The van der Waals surface area contributed by atoms with Crippen molar-refractivity contribution >= 4 is 33.8 Å². The minimum atomic E-state index is 0.0103. The highest BCUT2D eigenvalue weighted by Gasteiger charge is 2.19. The van der Waals surface area contributed by atoms with E-state index < -0.39 is 0 Å². The number of aryl methyl sites for hydroxylation is 2. The molecule has 0 aliphatic carbocycles. The average Bonchev–Trinajstić information content (AvgIpc) is 2.95. The van der Waals surface area contributed by atoms with E-state index in [1.165, 1.54) is 0 Å². The van der Waals surface area contributed by atoms with Crippen molar-refractivity contribution in [3.63, 3.8) is 0 Å². The smallest absolute Gasteiger partial charge is 0.263 e. The molecule has 2 aromatic rings. The van der Waals surface area contributed by atoms with Gasteiger partial charge in [0, 0.05) is 11.5 Å². The number of rotatable bonds is 2. The average molecular weight is 296 g/mol. The van der Waals surface area contributed by atoms with Crippen molar-refractivity contribution in [2.75, 3.05) is 6.61 Å². The Balaban J connectivity index is 2.16. The summed E-state index contributed by atoms with van der Waals surface area (Å²) in [7, 11) is 0. The molecule has 0 radical (unpaired) electrons. The van der Waals surface area contributed by atoms with E-state index in [0.717, 1.165) is 40.1 Å². The number of hydrogen-bond acceptors (Lipinski definition) is 4. The van der Waals surface area contributed by atoms with Crippen LogP contribution in [0.3, 0.4) is 0 Å². The molecule has 0 bridgehead atoms. The fourth-order valence-electron chi connectivity index (χ4n) is 2.52. The molecule has 1 aliphatic heterocycles. The number of thiophene rings is 1. The van der Waals surface area contributed by atoms with Gasteiger partial charge in [-0.05, 0) is 44.5 Å². The summed E-state index contributed by atoms with van der Waals surface area (Å²) in [6, 6.07) is 0. The fraction of sp³-hybridized carbons (Fsp3) is 0.538. The standard InChI is InChI=1S/C13H16N2O2S2/c1-7-8(2)19-11-10(7)12(16)15(13(18)14-11)6-9-4-3-5-17-9/h9H,3-6H2,1-2H3,(H,14,18)/t9-/m0/s1. The number of hydrogen-bond donors (Lipinski definition) is 1. The van der Waals surface area contributed by atoms with Crippen LogP contribution in [0.1, 0.15) is 23.3 Å². The zero-order valence-corrected chi connectivity index (χ0v) is 12.6. The summed E-state index contributed by atoms with van der Waals surface area (Å²) in [4.78, 5) is 17.8. The lowest BCUT2D eigenvalue weighted by Gasteiger charge is -2.12. The van der Waals surface area contributed by atoms with Gasteiger partial charge in [-0.25, -0.2) is 0 Å². The topological polar surface area (TPSA) is 47.0 Å². The van der Waals surface area contributed by atoms with Gasteiger partial charge in [-0.2, -0.15) is 0 Å². The molecule has 102 valence electrons.